The Bertz CT molecular complexity index is 687. The second-order valence-corrected chi connectivity index (χ2v) is 7.75. The van der Waals surface area contributed by atoms with Crippen LogP contribution in [-0.2, 0) is 24.0 Å². The Labute approximate surface area is 191 Å². The van der Waals surface area contributed by atoms with Crippen LogP contribution in [0.15, 0.2) is 0 Å². The first-order chi connectivity index (χ1) is 15.3. The number of nitrogens with one attached hydrogen (secondary N) is 3. The first kappa shape index (κ1) is 30.2. The fraction of sp³-hybridized carbons (Fsp3) is 0.737. The summed E-state index contributed by atoms with van der Waals surface area (Å²) in [6, 6.07) is -5.58. The zero-order valence-electron chi connectivity index (χ0n) is 18.8. The predicted molar refractivity (Wildman–Crippen MR) is 116 cm³/mol. The zero-order valence-corrected chi connectivity index (χ0v) is 18.8. The highest BCUT2D eigenvalue weighted by Crippen LogP contribution is 2.04. The third kappa shape index (κ3) is 11.6. The molecule has 0 fully saturated rings. The van der Waals surface area contributed by atoms with E-state index < -0.39 is 66.0 Å². The lowest BCUT2D eigenvalue weighted by atomic mass is 10.1. The number of carboxylic acids is 1. The largest absolute Gasteiger partial charge is 0.480 e. The first-order valence-electron chi connectivity index (χ1n) is 10.6. The number of hydrogen-bond acceptors (Lipinski definition) is 9. The van der Waals surface area contributed by atoms with Crippen LogP contribution in [0.1, 0.15) is 46.0 Å². The second kappa shape index (κ2) is 15.1. The van der Waals surface area contributed by atoms with Gasteiger partial charge in [-0.05, 0) is 46.1 Å². The molecule has 33 heavy (non-hydrogen) atoms. The average Bonchev–Trinajstić information content (AvgIpc) is 2.72. The molecule has 0 aliphatic heterocycles. The number of amides is 4. The summed E-state index contributed by atoms with van der Waals surface area (Å²) in [4.78, 5) is 59.6. The number of primary amides is 1. The molecule has 0 saturated heterocycles. The van der Waals surface area contributed by atoms with Crippen molar-refractivity contribution >= 4 is 29.6 Å². The summed E-state index contributed by atoms with van der Waals surface area (Å²) in [5.41, 5.74) is 16.0. The smallest absolute Gasteiger partial charge is 0.326 e. The summed E-state index contributed by atoms with van der Waals surface area (Å²) in [6.45, 7) is 2.75. The number of aliphatic carboxylic acids is 1. The second-order valence-electron chi connectivity index (χ2n) is 7.75. The molecule has 6 unspecified atom stereocenters. The van der Waals surface area contributed by atoms with Crippen LogP contribution in [0.2, 0.25) is 0 Å². The Hall–Kier alpha value is -2.81. The molecule has 0 rings (SSSR count). The molecule has 0 aromatic carbocycles. The minimum Gasteiger partial charge on any atom is -0.480 e. The maximum Gasteiger partial charge on any atom is 0.326 e. The van der Waals surface area contributed by atoms with Gasteiger partial charge in [0.05, 0.1) is 18.2 Å². The Balaban J connectivity index is 5.26. The molecule has 14 heteroatoms. The fourth-order valence-electron chi connectivity index (χ4n) is 2.75. The van der Waals surface area contributed by atoms with E-state index in [1.807, 2.05) is 0 Å². The summed E-state index contributed by atoms with van der Waals surface area (Å²) in [5, 5.41) is 35.8. The molecule has 0 aliphatic carbocycles. The van der Waals surface area contributed by atoms with Gasteiger partial charge in [-0.3, -0.25) is 19.2 Å². The molecule has 0 bridgehead atoms. The topological polar surface area (TPSA) is 260 Å². The van der Waals surface area contributed by atoms with E-state index in [4.69, 9.17) is 17.2 Å². The SMILES string of the molecule is CC(O)C(NC(=O)C(N)CCC(N)=O)C(=O)NC(C(=O)NC(CCCCN)C(=O)O)C(C)O. The van der Waals surface area contributed by atoms with Crippen molar-refractivity contribution in [2.75, 3.05) is 6.54 Å². The third-order valence-corrected chi connectivity index (χ3v) is 4.73. The van der Waals surface area contributed by atoms with E-state index in [0.717, 1.165) is 0 Å². The molecular weight excluding hydrogens is 440 g/mol. The normalized spacial score (nSPS) is 16.4. The van der Waals surface area contributed by atoms with Crippen molar-refractivity contribution in [1.82, 2.24) is 16.0 Å². The molecule has 0 saturated carbocycles. The van der Waals surface area contributed by atoms with Crippen molar-refractivity contribution < 1.29 is 39.3 Å². The number of carbonyl (C=O) groups excluding carboxylic acids is 4. The standard InChI is InChI=1S/C19H36N6O8/c1-9(26)14(17(30)23-12(19(32)33)5-3-4-8-20)25-18(31)15(10(2)27)24-16(29)11(21)6-7-13(22)28/h9-12,14-15,26-27H,3-8,20-21H2,1-2H3,(H2,22,28)(H,23,30)(H,24,29)(H,25,31)(H,32,33). The first-order valence-corrected chi connectivity index (χ1v) is 10.6. The maximum atomic E-state index is 12.6. The number of carbonyl (C=O) groups is 5. The van der Waals surface area contributed by atoms with E-state index in [1.54, 1.807) is 0 Å². The van der Waals surface area contributed by atoms with Gasteiger partial charge in [-0.25, -0.2) is 4.79 Å². The molecule has 0 spiro atoms. The number of aliphatic hydroxyl groups excluding tert-OH is 2. The molecule has 12 N–H and O–H groups in total. The molecule has 14 nitrogen and oxygen atoms in total. The fourth-order valence-corrected chi connectivity index (χ4v) is 2.75. The molecule has 6 atom stereocenters. The molecule has 0 heterocycles. The number of unbranched alkanes of at least 4 members (excludes halogenated alkanes) is 1. The lowest BCUT2D eigenvalue weighted by Gasteiger charge is -2.27. The van der Waals surface area contributed by atoms with Crippen LogP contribution in [0.5, 0.6) is 0 Å². The third-order valence-electron chi connectivity index (χ3n) is 4.73. The lowest BCUT2D eigenvalue weighted by molar-refractivity contribution is -0.143. The predicted octanol–water partition coefficient (Wildman–Crippen LogP) is -3.99. The van der Waals surface area contributed by atoms with Crippen molar-refractivity contribution in [2.24, 2.45) is 17.2 Å². The van der Waals surface area contributed by atoms with Gasteiger partial charge in [-0.1, -0.05) is 0 Å². The summed E-state index contributed by atoms with van der Waals surface area (Å²) >= 11 is 0. The maximum absolute atomic E-state index is 12.6. The van der Waals surface area contributed by atoms with Crippen molar-refractivity contribution in [2.45, 2.75) is 82.3 Å². The van der Waals surface area contributed by atoms with Gasteiger partial charge in [-0.15, -0.1) is 0 Å². The summed E-state index contributed by atoms with van der Waals surface area (Å²) < 4.78 is 0. The molecular formula is C19H36N6O8. The van der Waals surface area contributed by atoms with Gasteiger partial charge in [0.15, 0.2) is 0 Å². The Morgan fingerprint density at radius 3 is 1.73 bits per heavy atom. The van der Waals surface area contributed by atoms with Crippen LogP contribution in [0.4, 0.5) is 0 Å². The van der Waals surface area contributed by atoms with Crippen molar-refractivity contribution in [3.63, 3.8) is 0 Å². The van der Waals surface area contributed by atoms with Crippen LogP contribution in [0, 0.1) is 0 Å². The van der Waals surface area contributed by atoms with Gasteiger partial charge < -0.3 is 48.5 Å². The molecule has 190 valence electrons. The van der Waals surface area contributed by atoms with Gasteiger partial charge in [0.1, 0.15) is 18.1 Å². The number of hydrogen-bond donors (Lipinski definition) is 9. The Morgan fingerprint density at radius 1 is 0.818 bits per heavy atom. The van der Waals surface area contributed by atoms with Crippen LogP contribution in [0.25, 0.3) is 0 Å². The number of carboxylic acid groups (broad SMARTS) is 1. The summed E-state index contributed by atoms with van der Waals surface area (Å²) in [5.74, 6) is -4.79. The lowest BCUT2D eigenvalue weighted by Crippen LogP contribution is -2.61. The Kier molecular flexibility index (Phi) is 13.8. The van der Waals surface area contributed by atoms with E-state index >= 15 is 0 Å². The number of rotatable bonds is 16. The monoisotopic (exact) mass is 476 g/mol. The molecule has 4 amide bonds. The highest BCUT2D eigenvalue weighted by Gasteiger charge is 2.34. The van der Waals surface area contributed by atoms with Gasteiger partial charge in [0, 0.05) is 6.42 Å². The van der Waals surface area contributed by atoms with Crippen molar-refractivity contribution in [3.8, 4) is 0 Å². The van der Waals surface area contributed by atoms with Crippen LogP contribution in [-0.4, -0.2) is 87.8 Å². The highest BCUT2D eigenvalue weighted by atomic mass is 16.4. The highest BCUT2D eigenvalue weighted by molar-refractivity contribution is 5.94. The Morgan fingerprint density at radius 2 is 1.30 bits per heavy atom. The van der Waals surface area contributed by atoms with E-state index in [-0.39, 0.29) is 19.3 Å². The van der Waals surface area contributed by atoms with Gasteiger partial charge >= 0.3 is 5.97 Å². The van der Waals surface area contributed by atoms with Crippen molar-refractivity contribution in [1.29, 1.82) is 0 Å². The van der Waals surface area contributed by atoms with Crippen molar-refractivity contribution in [3.05, 3.63) is 0 Å². The number of nitrogens with two attached hydrogens (primary N) is 3. The van der Waals surface area contributed by atoms with Crippen LogP contribution < -0.4 is 33.2 Å². The minimum atomic E-state index is -1.57. The van der Waals surface area contributed by atoms with E-state index in [2.05, 4.69) is 16.0 Å². The van der Waals surface area contributed by atoms with E-state index in [9.17, 15) is 39.3 Å². The van der Waals surface area contributed by atoms with E-state index in [1.165, 1.54) is 13.8 Å². The summed E-state index contributed by atoms with van der Waals surface area (Å²) in [7, 11) is 0. The van der Waals surface area contributed by atoms with Crippen LogP contribution >= 0.6 is 0 Å². The summed E-state index contributed by atoms with van der Waals surface area (Å²) in [6.07, 6.45) is -2.03. The number of aliphatic hydroxyl groups is 2. The van der Waals surface area contributed by atoms with Gasteiger partial charge in [0.2, 0.25) is 23.6 Å². The average molecular weight is 477 g/mol. The molecule has 0 aliphatic rings. The molecule has 0 aromatic heterocycles. The van der Waals surface area contributed by atoms with Crippen LogP contribution in [0.3, 0.4) is 0 Å². The quantitative estimate of drug-likeness (QED) is 0.0975. The zero-order chi connectivity index (χ0) is 25.7. The minimum absolute atomic E-state index is 0.0885. The molecule has 0 aromatic rings. The van der Waals surface area contributed by atoms with E-state index in [0.29, 0.717) is 19.4 Å². The van der Waals surface area contributed by atoms with Gasteiger partial charge in [-0.2, -0.15) is 0 Å². The molecule has 0 radical (unpaired) electrons. The van der Waals surface area contributed by atoms with Gasteiger partial charge in [0.25, 0.3) is 0 Å².